The summed E-state index contributed by atoms with van der Waals surface area (Å²) in [6.07, 6.45) is 3.38. The van der Waals surface area contributed by atoms with Gasteiger partial charge in [-0.25, -0.2) is 9.78 Å². The van der Waals surface area contributed by atoms with E-state index in [9.17, 15) is 19.7 Å². The van der Waals surface area contributed by atoms with E-state index in [1.54, 1.807) is 18.2 Å². The standard InChI is InChI=1S/C20H21ClN4O5/c1-13-6-9-24(10-7-13)16-5-4-14(11-17(16)25(28)29)20(27)30-12-18(26)23-15-3-2-8-22-19(15)21/h2-5,8,11,13H,6-7,9-10,12H2,1H3,(H,23,26). The van der Waals surface area contributed by atoms with Crippen LogP contribution in [0.2, 0.25) is 5.15 Å². The minimum absolute atomic E-state index is 0.00281. The zero-order valence-corrected chi connectivity index (χ0v) is 17.1. The Morgan fingerprint density at radius 2 is 2.07 bits per heavy atom. The van der Waals surface area contributed by atoms with Crippen LogP contribution in [0.15, 0.2) is 36.5 Å². The van der Waals surface area contributed by atoms with Crippen LogP contribution in [0, 0.1) is 16.0 Å². The summed E-state index contributed by atoms with van der Waals surface area (Å²) in [6.45, 7) is 3.04. The zero-order chi connectivity index (χ0) is 21.7. The van der Waals surface area contributed by atoms with Crippen LogP contribution >= 0.6 is 11.6 Å². The highest BCUT2D eigenvalue weighted by molar-refractivity contribution is 6.32. The topological polar surface area (TPSA) is 115 Å². The molecule has 30 heavy (non-hydrogen) atoms. The van der Waals surface area contributed by atoms with Gasteiger partial charge in [0.2, 0.25) is 0 Å². The molecule has 1 N–H and O–H groups in total. The van der Waals surface area contributed by atoms with Crippen LogP contribution in [0.25, 0.3) is 0 Å². The van der Waals surface area contributed by atoms with Gasteiger partial charge in [-0.2, -0.15) is 0 Å². The lowest BCUT2D eigenvalue weighted by atomic mass is 9.98. The van der Waals surface area contributed by atoms with Gasteiger partial charge in [0.05, 0.1) is 16.2 Å². The molecule has 158 valence electrons. The van der Waals surface area contributed by atoms with Crippen molar-refractivity contribution in [2.24, 2.45) is 5.92 Å². The van der Waals surface area contributed by atoms with Gasteiger partial charge in [0.25, 0.3) is 11.6 Å². The van der Waals surface area contributed by atoms with E-state index in [2.05, 4.69) is 17.2 Å². The van der Waals surface area contributed by atoms with Gasteiger partial charge in [-0.15, -0.1) is 0 Å². The molecule has 0 bridgehead atoms. The number of carbonyl (C=O) groups is 2. The van der Waals surface area contributed by atoms with Crippen molar-refractivity contribution in [3.63, 3.8) is 0 Å². The van der Waals surface area contributed by atoms with Gasteiger partial charge in [-0.1, -0.05) is 18.5 Å². The first-order chi connectivity index (χ1) is 14.3. The molecule has 2 aromatic rings. The Balaban J connectivity index is 1.65. The summed E-state index contributed by atoms with van der Waals surface area (Å²) in [7, 11) is 0. The Kier molecular flexibility index (Phi) is 6.83. The molecule has 0 radical (unpaired) electrons. The molecule has 0 saturated carbocycles. The molecule has 1 aliphatic heterocycles. The zero-order valence-electron chi connectivity index (χ0n) is 16.3. The Hall–Kier alpha value is -3.20. The summed E-state index contributed by atoms with van der Waals surface area (Å²) in [5.74, 6) is -0.849. The summed E-state index contributed by atoms with van der Waals surface area (Å²) in [4.78, 5) is 41.1. The number of piperidine rings is 1. The predicted octanol–water partition coefficient (Wildman–Crippen LogP) is 3.68. The second-order valence-corrected chi connectivity index (χ2v) is 7.45. The summed E-state index contributed by atoms with van der Waals surface area (Å²) in [6, 6.07) is 7.36. The van der Waals surface area contributed by atoms with E-state index in [1.165, 1.54) is 18.3 Å². The second kappa shape index (κ2) is 9.53. The van der Waals surface area contributed by atoms with Crippen molar-refractivity contribution in [1.82, 2.24) is 4.98 Å². The van der Waals surface area contributed by atoms with Gasteiger partial charge in [0.15, 0.2) is 11.8 Å². The molecule has 1 amide bonds. The minimum atomic E-state index is -0.829. The molecule has 0 unspecified atom stereocenters. The number of halogens is 1. The van der Waals surface area contributed by atoms with E-state index in [0.717, 1.165) is 25.9 Å². The van der Waals surface area contributed by atoms with Crippen molar-refractivity contribution in [3.8, 4) is 0 Å². The lowest BCUT2D eigenvalue weighted by Crippen LogP contribution is -2.33. The van der Waals surface area contributed by atoms with E-state index in [4.69, 9.17) is 16.3 Å². The molecule has 1 aromatic carbocycles. The first kappa shape index (κ1) is 21.5. The van der Waals surface area contributed by atoms with Gasteiger partial charge in [0.1, 0.15) is 5.69 Å². The molecule has 10 heteroatoms. The molecule has 0 atom stereocenters. The molecular weight excluding hydrogens is 412 g/mol. The van der Waals surface area contributed by atoms with Crippen molar-refractivity contribution in [2.45, 2.75) is 19.8 Å². The van der Waals surface area contributed by atoms with Crippen molar-refractivity contribution < 1.29 is 19.2 Å². The van der Waals surface area contributed by atoms with E-state index in [1.807, 2.05) is 4.90 Å². The lowest BCUT2D eigenvalue weighted by molar-refractivity contribution is -0.384. The molecule has 1 fully saturated rings. The number of rotatable bonds is 6. The van der Waals surface area contributed by atoms with Gasteiger partial charge in [0, 0.05) is 25.4 Å². The largest absolute Gasteiger partial charge is 0.452 e. The van der Waals surface area contributed by atoms with Gasteiger partial charge < -0.3 is 15.0 Å². The lowest BCUT2D eigenvalue weighted by Gasteiger charge is -2.31. The smallest absolute Gasteiger partial charge is 0.338 e. The molecule has 1 aromatic heterocycles. The Labute approximate surface area is 178 Å². The molecule has 9 nitrogen and oxygen atoms in total. The number of nitrogens with one attached hydrogen (secondary N) is 1. The van der Waals surface area contributed by atoms with E-state index in [-0.39, 0.29) is 22.1 Å². The van der Waals surface area contributed by atoms with Crippen molar-refractivity contribution in [3.05, 3.63) is 57.4 Å². The fourth-order valence-corrected chi connectivity index (χ4v) is 3.36. The maximum atomic E-state index is 12.3. The summed E-state index contributed by atoms with van der Waals surface area (Å²) in [5.41, 5.74) is 0.608. The second-order valence-electron chi connectivity index (χ2n) is 7.10. The first-order valence-corrected chi connectivity index (χ1v) is 9.84. The number of nitro groups is 1. The molecule has 2 heterocycles. The summed E-state index contributed by atoms with van der Waals surface area (Å²) >= 11 is 5.86. The highest BCUT2D eigenvalue weighted by Gasteiger charge is 2.25. The summed E-state index contributed by atoms with van der Waals surface area (Å²) in [5, 5.41) is 14.1. The van der Waals surface area contributed by atoms with Crippen LogP contribution in [-0.4, -0.2) is 41.5 Å². The number of aromatic nitrogens is 1. The number of nitrogens with zero attached hydrogens (tertiary/aromatic N) is 3. The number of esters is 1. The van der Waals surface area contributed by atoms with Crippen molar-refractivity contribution >= 4 is 40.5 Å². The molecular formula is C20H21ClN4O5. The average Bonchev–Trinajstić information content (AvgIpc) is 2.74. The normalized spacial score (nSPS) is 14.3. The number of nitro benzene ring substituents is 1. The van der Waals surface area contributed by atoms with Crippen LogP contribution in [0.4, 0.5) is 17.1 Å². The van der Waals surface area contributed by atoms with Crippen molar-refractivity contribution in [1.29, 1.82) is 0 Å². The van der Waals surface area contributed by atoms with Crippen LogP contribution in [-0.2, 0) is 9.53 Å². The third-order valence-electron chi connectivity index (χ3n) is 4.90. The number of anilines is 2. The molecule has 1 saturated heterocycles. The van der Waals surface area contributed by atoms with Crippen LogP contribution < -0.4 is 10.2 Å². The fraction of sp³-hybridized carbons (Fsp3) is 0.350. The first-order valence-electron chi connectivity index (χ1n) is 9.46. The molecule has 3 rings (SSSR count). The minimum Gasteiger partial charge on any atom is -0.452 e. The van der Waals surface area contributed by atoms with Crippen molar-refractivity contribution in [2.75, 3.05) is 29.9 Å². The Bertz CT molecular complexity index is 960. The maximum Gasteiger partial charge on any atom is 0.338 e. The third-order valence-corrected chi connectivity index (χ3v) is 5.20. The van der Waals surface area contributed by atoms with Gasteiger partial charge in [-0.05, 0) is 43.0 Å². The maximum absolute atomic E-state index is 12.3. The fourth-order valence-electron chi connectivity index (χ4n) is 3.19. The van der Waals surface area contributed by atoms with E-state index in [0.29, 0.717) is 11.6 Å². The number of ether oxygens (including phenoxy) is 1. The highest BCUT2D eigenvalue weighted by Crippen LogP contribution is 2.32. The van der Waals surface area contributed by atoms with E-state index >= 15 is 0 Å². The summed E-state index contributed by atoms with van der Waals surface area (Å²) < 4.78 is 4.99. The Morgan fingerprint density at radius 3 is 2.73 bits per heavy atom. The number of amides is 1. The highest BCUT2D eigenvalue weighted by atomic mass is 35.5. The number of hydrogen-bond donors (Lipinski definition) is 1. The number of benzene rings is 1. The average molecular weight is 433 g/mol. The van der Waals surface area contributed by atoms with Crippen LogP contribution in [0.3, 0.4) is 0 Å². The molecule has 1 aliphatic rings. The van der Waals surface area contributed by atoms with Crippen LogP contribution in [0.5, 0.6) is 0 Å². The van der Waals surface area contributed by atoms with E-state index < -0.39 is 23.4 Å². The SMILES string of the molecule is CC1CCN(c2ccc(C(=O)OCC(=O)Nc3cccnc3Cl)cc2[N+](=O)[O-])CC1. The molecule has 0 spiro atoms. The Morgan fingerprint density at radius 1 is 1.33 bits per heavy atom. The monoisotopic (exact) mass is 432 g/mol. The third kappa shape index (κ3) is 5.24. The molecule has 0 aliphatic carbocycles. The van der Waals surface area contributed by atoms with Gasteiger partial charge in [-0.3, -0.25) is 14.9 Å². The quantitative estimate of drug-likeness (QED) is 0.320. The number of hydrogen-bond acceptors (Lipinski definition) is 7. The number of pyridine rings is 1. The predicted molar refractivity (Wildman–Crippen MR) is 112 cm³/mol. The van der Waals surface area contributed by atoms with Gasteiger partial charge >= 0.3 is 5.97 Å². The number of carbonyl (C=O) groups excluding carboxylic acids is 2. The van der Waals surface area contributed by atoms with Crippen LogP contribution in [0.1, 0.15) is 30.1 Å².